The Labute approximate surface area is 212 Å². The summed E-state index contributed by atoms with van der Waals surface area (Å²) in [6.45, 7) is 0.569. The molecule has 0 atom stereocenters. The molecule has 2 aliphatic carbocycles. The minimum atomic E-state index is -0.271. The summed E-state index contributed by atoms with van der Waals surface area (Å²) in [5.41, 5.74) is 2.16. The van der Waals surface area contributed by atoms with E-state index < -0.39 is 0 Å². The van der Waals surface area contributed by atoms with Crippen LogP contribution in [0.25, 0.3) is 0 Å². The lowest BCUT2D eigenvalue weighted by Gasteiger charge is -2.28. The minimum Gasteiger partial charge on any atom is -0.396 e. The average molecular weight is 513 g/mol. The molecule has 2 aromatic rings. The molecule has 2 N–H and O–H groups in total. The molecule has 2 aliphatic rings. The lowest BCUT2D eigenvalue weighted by Crippen LogP contribution is -2.14. The van der Waals surface area contributed by atoms with E-state index in [9.17, 15) is 8.78 Å². The van der Waals surface area contributed by atoms with Crippen molar-refractivity contribution in [1.82, 2.24) is 0 Å². The second-order valence-corrected chi connectivity index (χ2v) is 10.6. The monoisotopic (exact) mass is 512 g/mol. The number of halogens is 4. The zero-order chi connectivity index (χ0) is 24.5. The molecule has 0 heterocycles. The van der Waals surface area contributed by atoms with E-state index in [1.807, 2.05) is 12.1 Å². The van der Waals surface area contributed by atoms with Crippen LogP contribution in [-0.4, -0.2) is 23.4 Å². The van der Waals surface area contributed by atoms with Crippen molar-refractivity contribution < 1.29 is 19.0 Å². The van der Waals surface area contributed by atoms with Gasteiger partial charge in [0.1, 0.15) is 11.6 Å². The molecule has 0 aromatic heterocycles. The summed E-state index contributed by atoms with van der Waals surface area (Å²) in [5, 5.41) is 18.9. The Morgan fingerprint density at radius 3 is 1.26 bits per heavy atom. The van der Waals surface area contributed by atoms with Crippen LogP contribution >= 0.6 is 23.2 Å². The Morgan fingerprint density at radius 1 is 0.618 bits per heavy atom. The van der Waals surface area contributed by atoms with Gasteiger partial charge in [0.2, 0.25) is 0 Å². The van der Waals surface area contributed by atoms with Crippen molar-refractivity contribution in [2.24, 2.45) is 11.8 Å². The van der Waals surface area contributed by atoms with Crippen LogP contribution in [0, 0.1) is 23.5 Å². The van der Waals surface area contributed by atoms with E-state index in [-0.39, 0.29) is 24.8 Å². The molecule has 0 spiro atoms. The van der Waals surface area contributed by atoms with Gasteiger partial charge in [0.15, 0.2) is 0 Å². The highest BCUT2D eigenvalue weighted by atomic mass is 35.5. The lowest BCUT2D eigenvalue weighted by atomic mass is 9.77. The molecule has 0 aliphatic heterocycles. The number of rotatable bonds is 6. The van der Waals surface area contributed by atoms with Gasteiger partial charge in [-0.1, -0.05) is 35.3 Å². The zero-order valence-corrected chi connectivity index (χ0v) is 21.2. The van der Waals surface area contributed by atoms with Gasteiger partial charge in [-0.3, -0.25) is 0 Å². The second kappa shape index (κ2) is 13.8. The quantitative estimate of drug-likeness (QED) is 0.408. The van der Waals surface area contributed by atoms with Gasteiger partial charge in [0.05, 0.1) is 0 Å². The Bertz CT molecular complexity index is 818. The molecule has 0 amide bonds. The number of aliphatic hydroxyl groups excluding tert-OH is 2. The van der Waals surface area contributed by atoms with Crippen molar-refractivity contribution in [1.29, 1.82) is 0 Å². The minimum absolute atomic E-state index is 0.271. The first-order chi connectivity index (χ1) is 16.4. The Hall–Kier alpha value is -1.20. The van der Waals surface area contributed by atoms with Gasteiger partial charge in [-0.2, -0.15) is 0 Å². The zero-order valence-electron chi connectivity index (χ0n) is 19.7. The van der Waals surface area contributed by atoms with Gasteiger partial charge in [0.25, 0.3) is 0 Å². The summed E-state index contributed by atoms with van der Waals surface area (Å²) in [4.78, 5) is 0. The van der Waals surface area contributed by atoms with E-state index in [0.717, 1.165) is 75.3 Å². The molecule has 2 fully saturated rings. The molecule has 4 rings (SSSR count). The van der Waals surface area contributed by atoms with Crippen LogP contribution in [0.15, 0.2) is 36.4 Å². The van der Waals surface area contributed by atoms with Crippen LogP contribution in [0.4, 0.5) is 8.78 Å². The van der Waals surface area contributed by atoms with Crippen molar-refractivity contribution in [3.63, 3.8) is 0 Å². The molecule has 34 heavy (non-hydrogen) atoms. The van der Waals surface area contributed by atoms with Crippen LogP contribution in [0.3, 0.4) is 0 Å². The number of benzene rings is 2. The molecule has 0 saturated heterocycles. The maximum absolute atomic E-state index is 13.0. The number of aliphatic hydroxyl groups is 2. The fourth-order valence-electron chi connectivity index (χ4n) is 5.55. The van der Waals surface area contributed by atoms with Gasteiger partial charge in [-0.05, 0) is 123 Å². The van der Waals surface area contributed by atoms with E-state index in [1.54, 1.807) is 0 Å². The van der Waals surface area contributed by atoms with Gasteiger partial charge in [-0.15, -0.1) is 0 Å². The average Bonchev–Trinajstić information content (AvgIpc) is 2.81. The third-order valence-electron chi connectivity index (χ3n) is 7.57. The van der Waals surface area contributed by atoms with Crippen LogP contribution in [0.2, 0.25) is 10.0 Å². The van der Waals surface area contributed by atoms with Crippen LogP contribution < -0.4 is 0 Å². The molecule has 2 aromatic carbocycles. The van der Waals surface area contributed by atoms with Crippen molar-refractivity contribution in [3.8, 4) is 0 Å². The highest BCUT2D eigenvalue weighted by Gasteiger charge is 2.24. The SMILES string of the molecule is OCCC1CCC(c2ccc(F)cc2Cl)CC1.OCCC1CCC(c2ccc(F)cc2Cl)CC1. The number of hydrogen-bond acceptors (Lipinski definition) is 2. The maximum Gasteiger partial charge on any atom is 0.124 e. The molecule has 188 valence electrons. The van der Waals surface area contributed by atoms with E-state index in [4.69, 9.17) is 33.4 Å². The van der Waals surface area contributed by atoms with Crippen LogP contribution in [0.1, 0.15) is 87.2 Å². The van der Waals surface area contributed by atoms with Crippen molar-refractivity contribution in [3.05, 3.63) is 69.2 Å². The normalized spacial score (nSPS) is 24.9. The van der Waals surface area contributed by atoms with Crippen molar-refractivity contribution in [2.45, 2.75) is 76.0 Å². The maximum atomic E-state index is 13.0. The molecule has 6 heteroatoms. The first kappa shape index (κ1) is 27.4. The highest BCUT2D eigenvalue weighted by molar-refractivity contribution is 6.31. The fraction of sp³-hybridized carbons (Fsp3) is 0.571. The Morgan fingerprint density at radius 2 is 0.971 bits per heavy atom. The van der Waals surface area contributed by atoms with E-state index >= 15 is 0 Å². The molecule has 0 bridgehead atoms. The molecule has 0 radical (unpaired) electrons. The van der Waals surface area contributed by atoms with Gasteiger partial charge < -0.3 is 10.2 Å². The topological polar surface area (TPSA) is 40.5 Å². The Kier molecular flexibility index (Phi) is 11.1. The molecular formula is C28H36Cl2F2O2. The first-order valence-electron chi connectivity index (χ1n) is 12.5. The fourth-order valence-corrected chi connectivity index (χ4v) is 6.20. The molecular weight excluding hydrogens is 477 g/mol. The largest absolute Gasteiger partial charge is 0.396 e. The lowest BCUT2D eigenvalue weighted by molar-refractivity contribution is 0.222. The molecule has 0 unspecified atom stereocenters. The van der Waals surface area contributed by atoms with Crippen LogP contribution in [-0.2, 0) is 0 Å². The summed E-state index contributed by atoms with van der Waals surface area (Å²) in [5.74, 6) is 1.67. The number of hydrogen-bond donors (Lipinski definition) is 2. The molecule has 2 nitrogen and oxygen atoms in total. The molecule has 2 saturated carbocycles. The third-order valence-corrected chi connectivity index (χ3v) is 8.23. The smallest absolute Gasteiger partial charge is 0.124 e. The predicted molar refractivity (Wildman–Crippen MR) is 136 cm³/mol. The summed E-state index contributed by atoms with van der Waals surface area (Å²) >= 11 is 12.2. The van der Waals surface area contributed by atoms with E-state index in [0.29, 0.717) is 33.7 Å². The van der Waals surface area contributed by atoms with E-state index in [1.165, 1.54) is 24.3 Å². The first-order valence-corrected chi connectivity index (χ1v) is 13.3. The van der Waals surface area contributed by atoms with Gasteiger partial charge in [0, 0.05) is 23.3 Å². The van der Waals surface area contributed by atoms with Gasteiger partial charge >= 0.3 is 0 Å². The summed E-state index contributed by atoms with van der Waals surface area (Å²) < 4.78 is 25.9. The highest BCUT2D eigenvalue weighted by Crippen LogP contribution is 2.40. The third kappa shape index (κ3) is 7.91. The van der Waals surface area contributed by atoms with Crippen molar-refractivity contribution in [2.75, 3.05) is 13.2 Å². The van der Waals surface area contributed by atoms with Crippen molar-refractivity contribution >= 4 is 23.2 Å². The van der Waals surface area contributed by atoms with Gasteiger partial charge in [-0.25, -0.2) is 8.78 Å². The predicted octanol–water partition coefficient (Wildman–Crippen LogP) is 8.27. The standard InChI is InChI=1S/2C14H18ClFO/c2*15-14-9-12(16)5-6-13(14)11-3-1-10(2-4-11)7-8-17/h2*5-6,9-11,17H,1-4,7-8H2. The van der Waals surface area contributed by atoms with E-state index in [2.05, 4.69) is 0 Å². The summed E-state index contributed by atoms with van der Waals surface area (Å²) in [6.07, 6.45) is 10.7. The summed E-state index contributed by atoms with van der Waals surface area (Å²) in [7, 11) is 0. The summed E-state index contributed by atoms with van der Waals surface area (Å²) in [6, 6.07) is 9.40. The second-order valence-electron chi connectivity index (χ2n) is 9.79. The van der Waals surface area contributed by atoms with Crippen LogP contribution in [0.5, 0.6) is 0 Å². The Balaban J connectivity index is 0.000000191.